The van der Waals surface area contributed by atoms with Crippen molar-refractivity contribution in [2.45, 2.75) is 19.4 Å². The fourth-order valence-corrected chi connectivity index (χ4v) is 12.3. The van der Waals surface area contributed by atoms with E-state index < -0.39 is 5.60 Å². The van der Waals surface area contributed by atoms with Crippen LogP contribution in [0.5, 0.6) is 0 Å². The zero-order valence-corrected chi connectivity index (χ0v) is 26.9. The molecule has 0 saturated carbocycles. The molecule has 204 valence electrons. The Bertz CT molecular complexity index is 2290. The van der Waals surface area contributed by atoms with Crippen LogP contribution in [0.25, 0.3) is 63.8 Å². The first-order valence-corrected chi connectivity index (χ1v) is 16.9. The lowest BCUT2D eigenvalue weighted by atomic mass is 9.97. The normalized spacial score (nSPS) is 16.0. The molecule has 0 bridgehead atoms. The van der Waals surface area contributed by atoms with Crippen molar-refractivity contribution in [2.24, 2.45) is 0 Å². The number of thiophene rings is 5. The van der Waals surface area contributed by atoms with Gasteiger partial charge in [0.15, 0.2) is 0 Å². The van der Waals surface area contributed by atoms with Gasteiger partial charge in [-0.1, -0.05) is 18.2 Å². The standard InChI is InChI=1S/C32H20N4OS5/c1-32(2)19(24(35-4)25(37-32)20(15-33)34-3)12-11-18-13-22-26(38-18)28-30(40-22)31-29(42-28)27-23(41-31)14-21(39-27)16-7-9-17(10-8-16)36(5)6/h7-14H,1-2,5-6H3/b12-11+,25-20+. The predicted molar refractivity (Wildman–Crippen MR) is 183 cm³/mol. The quantitative estimate of drug-likeness (QED) is 0.143. The molecule has 5 nitrogen and oxygen atoms in total. The van der Waals surface area contributed by atoms with Crippen molar-refractivity contribution in [3.63, 3.8) is 0 Å². The van der Waals surface area contributed by atoms with Crippen molar-refractivity contribution in [1.82, 2.24) is 0 Å². The van der Waals surface area contributed by atoms with Crippen molar-refractivity contribution in [2.75, 3.05) is 19.0 Å². The Balaban J connectivity index is 1.26. The van der Waals surface area contributed by atoms with Crippen LogP contribution in [0.1, 0.15) is 18.7 Å². The van der Waals surface area contributed by atoms with E-state index in [1.807, 2.05) is 77.4 Å². The number of ether oxygens (including phenoxy) is 1. The first kappa shape index (κ1) is 26.9. The number of allylic oxidation sites excluding steroid dienone is 1. The second kappa shape index (κ2) is 9.81. The van der Waals surface area contributed by atoms with Gasteiger partial charge >= 0.3 is 0 Å². The SMILES string of the molecule is [C-]#[N+]C1=C(/C=C/c2cc3sc4c(sc5c6sc(-c7ccc(N(C)C)cc7)cc6sc54)c3s2)C(C)(C)O/C1=C(\C#N)[N+]#[C-]. The lowest BCUT2D eigenvalue weighted by Gasteiger charge is -2.21. The highest BCUT2D eigenvalue weighted by Gasteiger charge is 2.38. The minimum Gasteiger partial charge on any atom is -0.505 e. The number of benzene rings is 1. The summed E-state index contributed by atoms with van der Waals surface area (Å²) in [5.74, 6) is 0.0771. The molecule has 10 heteroatoms. The van der Waals surface area contributed by atoms with Crippen LogP contribution in [-0.4, -0.2) is 19.7 Å². The molecule has 0 radical (unpaired) electrons. The summed E-state index contributed by atoms with van der Waals surface area (Å²) in [6, 6.07) is 15.2. The number of hydrogen-bond acceptors (Lipinski definition) is 8. The predicted octanol–water partition coefficient (Wildman–Crippen LogP) is 11.0. The molecule has 0 atom stereocenters. The molecule has 1 aliphatic heterocycles. The summed E-state index contributed by atoms with van der Waals surface area (Å²) in [7, 11) is 4.12. The zero-order chi connectivity index (χ0) is 29.3. The van der Waals surface area contributed by atoms with Gasteiger partial charge in [0.05, 0.1) is 47.4 Å². The van der Waals surface area contributed by atoms with E-state index in [9.17, 15) is 5.26 Å². The van der Waals surface area contributed by atoms with Crippen LogP contribution in [0.4, 0.5) is 5.69 Å². The van der Waals surface area contributed by atoms with Crippen molar-refractivity contribution in [3.8, 4) is 16.5 Å². The third kappa shape index (κ3) is 4.09. The van der Waals surface area contributed by atoms with E-state index in [2.05, 4.69) is 65.1 Å². The molecule has 0 aliphatic carbocycles. The molecule has 5 aromatic heterocycles. The monoisotopic (exact) mass is 636 g/mol. The fraction of sp³-hybridized carbons (Fsp3) is 0.156. The van der Waals surface area contributed by atoms with Crippen LogP contribution >= 0.6 is 56.7 Å². The zero-order valence-electron chi connectivity index (χ0n) is 22.9. The van der Waals surface area contributed by atoms with Gasteiger partial charge in [0, 0.05) is 44.5 Å². The molecule has 0 amide bonds. The highest BCUT2D eigenvalue weighted by atomic mass is 32.1. The Labute approximate surface area is 262 Å². The first-order chi connectivity index (χ1) is 20.2. The second-order valence-corrected chi connectivity index (χ2v) is 15.7. The number of anilines is 1. The number of rotatable bonds is 4. The lowest BCUT2D eigenvalue weighted by molar-refractivity contribution is 0.0952. The third-order valence-electron chi connectivity index (χ3n) is 7.18. The van der Waals surface area contributed by atoms with E-state index >= 15 is 0 Å². The molecule has 0 unspecified atom stereocenters. The summed E-state index contributed by atoms with van der Waals surface area (Å²) in [4.78, 5) is 11.4. The summed E-state index contributed by atoms with van der Waals surface area (Å²) in [5, 5.41) is 9.34. The minimum atomic E-state index is -0.808. The van der Waals surface area contributed by atoms with Crippen LogP contribution in [0.3, 0.4) is 0 Å². The summed E-state index contributed by atoms with van der Waals surface area (Å²) in [6.45, 7) is 18.7. The Morgan fingerprint density at radius 3 is 2.14 bits per heavy atom. The van der Waals surface area contributed by atoms with Crippen molar-refractivity contribution in [3.05, 3.63) is 92.9 Å². The maximum Gasteiger partial charge on any atom is 0.292 e. The number of fused-ring (bicyclic) bond motifs is 7. The fourth-order valence-electron chi connectivity index (χ4n) is 5.10. The lowest BCUT2D eigenvalue weighted by Crippen LogP contribution is -2.20. The maximum atomic E-state index is 9.34. The smallest absolute Gasteiger partial charge is 0.292 e. The van der Waals surface area contributed by atoms with E-state index in [4.69, 9.17) is 17.9 Å². The highest BCUT2D eigenvalue weighted by molar-refractivity contribution is 7.48. The molecule has 0 saturated heterocycles. The third-order valence-corrected chi connectivity index (χ3v) is 13.9. The molecule has 1 aliphatic rings. The number of nitriles is 1. The Morgan fingerprint density at radius 2 is 1.52 bits per heavy atom. The van der Waals surface area contributed by atoms with E-state index in [1.165, 1.54) is 53.7 Å². The number of nitrogens with zero attached hydrogens (tertiary/aromatic N) is 4. The van der Waals surface area contributed by atoms with Gasteiger partial charge in [-0.2, -0.15) is 0 Å². The minimum absolute atomic E-state index is 0.0771. The molecule has 6 heterocycles. The van der Waals surface area contributed by atoms with Gasteiger partial charge in [-0.05, 0) is 49.8 Å². The summed E-state index contributed by atoms with van der Waals surface area (Å²) >= 11 is 9.28. The van der Waals surface area contributed by atoms with Crippen LogP contribution in [0.15, 0.2) is 65.2 Å². The average Bonchev–Trinajstić information content (AvgIpc) is 3.77. The van der Waals surface area contributed by atoms with Crippen LogP contribution in [-0.2, 0) is 4.74 Å². The van der Waals surface area contributed by atoms with Gasteiger partial charge in [-0.15, -0.1) is 56.7 Å². The van der Waals surface area contributed by atoms with Gasteiger partial charge in [-0.3, -0.25) is 0 Å². The number of hydrogen-bond donors (Lipinski definition) is 0. The van der Waals surface area contributed by atoms with E-state index in [1.54, 1.807) is 11.3 Å². The van der Waals surface area contributed by atoms with E-state index in [0.29, 0.717) is 5.57 Å². The van der Waals surface area contributed by atoms with Gasteiger partial charge < -0.3 is 9.64 Å². The first-order valence-electron chi connectivity index (χ1n) is 12.8. The molecule has 6 aromatic rings. The summed E-state index contributed by atoms with van der Waals surface area (Å²) in [6.07, 6.45) is 3.92. The van der Waals surface area contributed by atoms with Crippen LogP contribution < -0.4 is 4.90 Å². The van der Waals surface area contributed by atoms with Gasteiger partial charge in [0.1, 0.15) is 11.4 Å². The molecular formula is C32H20N4OS5. The van der Waals surface area contributed by atoms with Gasteiger partial charge in [0.25, 0.3) is 5.70 Å². The summed E-state index contributed by atoms with van der Waals surface area (Å²) < 4.78 is 16.7. The second-order valence-electron chi connectivity index (χ2n) is 10.4. The molecule has 1 aromatic carbocycles. The van der Waals surface area contributed by atoms with Gasteiger partial charge in [0.2, 0.25) is 5.70 Å². The molecule has 0 spiro atoms. The molecule has 0 N–H and O–H groups in total. The molecule has 0 fully saturated rings. The topological polar surface area (TPSA) is 45.0 Å². The maximum absolute atomic E-state index is 9.34. The Hall–Kier alpha value is -3.95. The molecular weight excluding hydrogens is 617 g/mol. The molecule has 42 heavy (non-hydrogen) atoms. The van der Waals surface area contributed by atoms with E-state index in [0.717, 1.165) is 4.88 Å². The largest absolute Gasteiger partial charge is 0.505 e. The van der Waals surface area contributed by atoms with Crippen molar-refractivity contribution in [1.29, 1.82) is 5.26 Å². The van der Waals surface area contributed by atoms with E-state index in [-0.39, 0.29) is 17.2 Å². The summed E-state index contributed by atoms with van der Waals surface area (Å²) in [5.41, 5.74) is 2.36. The Kier molecular flexibility index (Phi) is 6.29. The highest BCUT2D eigenvalue weighted by Crippen LogP contribution is 2.54. The Morgan fingerprint density at radius 1 is 0.881 bits per heavy atom. The van der Waals surface area contributed by atoms with Gasteiger partial charge in [-0.25, -0.2) is 15.0 Å². The molecule has 7 rings (SSSR count). The van der Waals surface area contributed by atoms with Crippen LogP contribution in [0, 0.1) is 24.5 Å². The average molecular weight is 637 g/mol. The van der Waals surface area contributed by atoms with Crippen molar-refractivity contribution < 1.29 is 4.74 Å². The van der Waals surface area contributed by atoms with Crippen LogP contribution in [0.2, 0.25) is 0 Å². The van der Waals surface area contributed by atoms with Crippen molar-refractivity contribution >= 4 is 106 Å².